The van der Waals surface area contributed by atoms with Gasteiger partial charge in [0.2, 0.25) is 0 Å². The molecule has 41 nitrogen and oxygen atoms in total. The number of ether oxygens (including phenoxy) is 20. The van der Waals surface area contributed by atoms with E-state index in [0.29, 0.717) is 329 Å². The first-order chi connectivity index (χ1) is 72.2. The fraction of sp³-hybridized carbons (Fsp3) is 0.824. The lowest BCUT2D eigenvalue weighted by Crippen LogP contribution is -2.34. The van der Waals surface area contributed by atoms with E-state index in [2.05, 4.69) is 0 Å². The van der Waals surface area contributed by atoms with Crippen molar-refractivity contribution < 1.29 is 196 Å². The molecule has 0 fully saturated rings. The molecule has 0 saturated carbocycles. The van der Waals surface area contributed by atoms with Crippen LogP contribution in [0.2, 0.25) is 0 Å². The summed E-state index contributed by atoms with van der Waals surface area (Å²) < 4.78 is 105. The minimum atomic E-state index is -1.69. The zero-order valence-corrected chi connectivity index (χ0v) is 89.6. The van der Waals surface area contributed by atoms with Gasteiger partial charge in [-0.2, -0.15) is 0 Å². The summed E-state index contributed by atoms with van der Waals surface area (Å²) in [5.41, 5.74) is 0. The summed E-state index contributed by atoms with van der Waals surface area (Å²) in [6.07, 6.45) is 30.9. The molecule has 0 aliphatic rings. The van der Waals surface area contributed by atoms with Gasteiger partial charge in [-0.15, -0.1) is 0 Å². The Morgan fingerprint density at radius 3 is 0.403 bits per heavy atom. The minimum absolute atomic E-state index is 0.0531. The largest absolute Gasteiger partial charge is 0.481 e. The van der Waals surface area contributed by atoms with E-state index in [0.717, 1.165) is 12.8 Å². The highest BCUT2D eigenvalue weighted by Gasteiger charge is 2.38. The van der Waals surface area contributed by atoms with Gasteiger partial charge in [0.05, 0.1) is 163 Å². The molecule has 149 heavy (non-hydrogen) atoms. The summed E-state index contributed by atoms with van der Waals surface area (Å²) in [5.74, 6) is -12.9. The molecule has 0 aromatic heterocycles. The third-order valence-electron chi connectivity index (χ3n) is 23.0. The number of esters is 17. The van der Waals surface area contributed by atoms with Crippen molar-refractivity contribution >= 4 is 113 Å². The van der Waals surface area contributed by atoms with Crippen molar-refractivity contribution in [1.29, 1.82) is 0 Å². The Balaban J connectivity index is 3.58. The maximum Gasteiger partial charge on any atom is 0.307 e. The number of aliphatic carboxylic acids is 2. The molecule has 0 aliphatic carbocycles. The summed E-state index contributed by atoms with van der Waals surface area (Å²) >= 11 is 0. The second-order valence-electron chi connectivity index (χ2n) is 36.4. The van der Waals surface area contributed by atoms with Crippen molar-refractivity contribution in [2.24, 2.45) is 11.8 Å². The highest BCUT2D eigenvalue weighted by Crippen LogP contribution is 2.24. The SMILES string of the molecule is CCCOC(=O)CC(C(=O)O)C(CC(=O)OCCCCCC(=O)OCCCCCC(=O)OCCCCCC(=O)OCCCCCC(=O)OCCCCCC(=O)OCCCCCC(=O)OCCCCCC(=O)OCCCCCC(=O)OCCCCCC(=O)OCCCCCC(=O)OCCCCCC(=O)OCCCCCC(=O)OCCCCCC(=O)OCCCCCC(=O)OCCCCCC(=O)OCCOCCOCCOC)C(=O)O. The van der Waals surface area contributed by atoms with Crippen molar-refractivity contribution in [3.05, 3.63) is 0 Å². The highest BCUT2D eigenvalue weighted by molar-refractivity contribution is 5.87. The van der Waals surface area contributed by atoms with E-state index in [1.807, 2.05) is 0 Å². The molecule has 0 bridgehead atoms. The van der Waals surface area contributed by atoms with Crippen LogP contribution in [0.5, 0.6) is 0 Å². The van der Waals surface area contributed by atoms with Gasteiger partial charge in [-0.3, -0.25) is 91.1 Å². The average molecular weight is 2130 g/mol. The van der Waals surface area contributed by atoms with Gasteiger partial charge in [0.25, 0.3) is 0 Å². The molecule has 0 rings (SSSR count). The first kappa shape index (κ1) is 139. The van der Waals surface area contributed by atoms with Crippen LogP contribution in [0.1, 0.15) is 411 Å². The van der Waals surface area contributed by atoms with Crippen LogP contribution in [0.3, 0.4) is 0 Å². The van der Waals surface area contributed by atoms with Crippen LogP contribution < -0.4 is 0 Å². The summed E-state index contributed by atoms with van der Waals surface area (Å²) in [6, 6.07) is 0. The molecule has 2 unspecified atom stereocenters. The standard InChI is InChI=1S/C108H180O41/c1-3-64-133-105(124)86-88(107(126)127)89(108(128)129)87-106(125)148-79-48-18-32-62-103(122)146-77-46-16-30-60-101(120)144-75-44-14-28-58-99(118)142-73-42-12-26-56-97(116)140-71-40-10-24-54-95(114)138-69-38-8-22-52-93(112)136-67-36-6-20-50-91(110)134-65-34-4-19-49-90(109)135-66-35-5-21-51-92(111)137-68-37-7-23-53-94(113)139-70-39-9-25-55-96(115)141-72-41-11-27-57-98(117)143-74-43-13-29-59-100(119)145-76-45-15-31-61-102(121)147-78-47-17-33-63-104(123)149-85-84-132-83-82-131-81-80-130-2/h88-89H,3-87H2,1-2H3,(H,126,127)(H,128,129). The van der Waals surface area contributed by atoms with Crippen LogP contribution in [-0.2, 0) is 186 Å². The van der Waals surface area contributed by atoms with Crippen molar-refractivity contribution in [2.75, 3.05) is 152 Å². The van der Waals surface area contributed by atoms with Crippen LogP contribution in [0, 0.1) is 11.8 Å². The number of carbonyl (C=O) groups is 19. The predicted octanol–water partition coefficient (Wildman–Crippen LogP) is 16.9. The van der Waals surface area contributed by atoms with Gasteiger partial charge in [-0.05, 0) is 295 Å². The molecule has 0 amide bonds. The van der Waals surface area contributed by atoms with Gasteiger partial charge < -0.3 is 105 Å². The van der Waals surface area contributed by atoms with Crippen LogP contribution in [-0.4, -0.2) is 276 Å². The molecular formula is C108H180O41. The molecule has 0 aromatic rings. The van der Waals surface area contributed by atoms with E-state index in [-0.39, 0.29) is 279 Å². The van der Waals surface area contributed by atoms with Crippen LogP contribution in [0.15, 0.2) is 0 Å². The summed E-state index contributed by atoms with van der Waals surface area (Å²) in [4.78, 5) is 230. The Morgan fingerprint density at radius 1 is 0.148 bits per heavy atom. The van der Waals surface area contributed by atoms with Gasteiger partial charge in [0, 0.05) is 103 Å². The molecule has 0 aliphatic heterocycles. The van der Waals surface area contributed by atoms with Crippen molar-refractivity contribution in [3.63, 3.8) is 0 Å². The second kappa shape index (κ2) is 104. The van der Waals surface area contributed by atoms with E-state index in [1.165, 1.54) is 0 Å². The quantitative estimate of drug-likeness (QED) is 0.0324. The maximum absolute atomic E-state index is 12.3. The van der Waals surface area contributed by atoms with Gasteiger partial charge >= 0.3 is 113 Å². The molecule has 0 heterocycles. The number of carboxylic acids is 2. The Bertz CT molecular complexity index is 3440. The molecule has 2 atom stereocenters. The first-order valence-electron chi connectivity index (χ1n) is 55.0. The molecule has 858 valence electrons. The Labute approximate surface area is 881 Å². The van der Waals surface area contributed by atoms with E-state index < -0.39 is 54.5 Å². The summed E-state index contributed by atoms with van der Waals surface area (Å²) in [7, 11) is 1.60. The van der Waals surface area contributed by atoms with Gasteiger partial charge in [0.15, 0.2) is 0 Å². The molecule has 41 heteroatoms. The van der Waals surface area contributed by atoms with E-state index in [1.54, 1.807) is 14.0 Å². The average Bonchev–Trinajstić information content (AvgIpc) is 0.858. The second-order valence-corrected chi connectivity index (χ2v) is 36.4. The minimum Gasteiger partial charge on any atom is -0.481 e. The molecule has 0 saturated heterocycles. The van der Waals surface area contributed by atoms with Crippen molar-refractivity contribution in [1.82, 2.24) is 0 Å². The summed E-state index contributed by atoms with van der Waals surface area (Å²) in [6.45, 7) is 7.71. The lowest BCUT2D eigenvalue weighted by atomic mass is 9.87. The van der Waals surface area contributed by atoms with Gasteiger partial charge in [0.1, 0.15) is 6.61 Å². The molecule has 2 N–H and O–H groups in total. The number of methoxy groups -OCH3 is 1. The fourth-order valence-electron chi connectivity index (χ4n) is 14.3. The lowest BCUT2D eigenvalue weighted by molar-refractivity contribution is -0.162. The molecular weight excluding hydrogens is 1950 g/mol. The zero-order valence-electron chi connectivity index (χ0n) is 89.6. The Kier molecular flexibility index (Phi) is 96.5. The molecule has 0 radical (unpaired) electrons. The number of hydrogen-bond acceptors (Lipinski definition) is 39. The third-order valence-corrected chi connectivity index (χ3v) is 23.0. The van der Waals surface area contributed by atoms with E-state index in [4.69, 9.17) is 94.7 Å². The monoisotopic (exact) mass is 2130 g/mol. The topological polar surface area (TPSA) is 549 Å². The van der Waals surface area contributed by atoms with Gasteiger partial charge in [-0.25, -0.2) is 0 Å². The Hall–Kier alpha value is -10.2. The molecule has 0 spiro atoms. The van der Waals surface area contributed by atoms with Gasteiger partial charge in [-0.1, -0.05) is 6.92 Å². The smallest absolute Gasteiger partial charge is 0.307 e. The number of unbranched alkanes of at least 4 members (excludes halogenated alkanes) is 30. The normalized spacial score (nSPS) is 11.3. The number of carbonyl (C=O) groups excluding carboxylic acids is 17. The van der Waals surface area contributed by atoms with Crippen molar-refractivity contribution in [3.8, 4) is 0 Å². The van der Waals surface area contributed by atoms with Crippen LogP contribution in [0.4, 0.5) is 0 Å². The highest BCUT2D eigenvalue weighted by atomic mass is 16.6. The van der Waals surface area contributed by atoms with E-state index >= 15 is 0 Å². The van der Waals surface area contributed by atoms with Crippen molar-refractivity contribution in [2.45, 2.75) is 411 Å². The zero-order chi connectivity index (χ0) is 109. The maximum atomic E-state index is 12.3. The molecule has 0 aromatic carbocycles. The van der Waals surface area contributed by atoms with Crippen LogP contribution >= 0.6 is 0 Å². The third kappa shape index (κ3) is 99.5. The van der Waals surface area contributed by atoms with Crippen LogP contribution in [0.25, 0.3) is 0 Å². The number of hydrogen-bond donors (Lipinski definition) is 2. The first-order valence-corrected chi connectivity index (χ1v) is 55.0. The predicted molar refractivity (Wildman–Crippen MR) is 539 cm³/mol. The fourth-order valence-corrected chi connectivity index (χ4v) is 14.3. The Morgan fingerprint density at radius 2 is 0.268 bits per heavy atom. The number of rotatable bonds is 108. The van der Waals surface area contributed by atoms with E-state index in [9.17, 15) is 101 Å². The number of carboxylic acid groups (broad SMARTS) is 2. The summed E-state index contributed by atoms with van der Waals surface area (Å²) in [5, 5.41) is 19.0. The lowest BCUT2D eigenvalue weighted by Gasteiger charge is -2.19.